The van der Waals surface area contributed by atoms with Crippen LogP contribution in [0.5, 0.6) is 11.5 Å². The fraction of sp³-hybridized carbons (Fsp3) is 0.214. The van der Waals surface area contributed by atoms with Crippen molar-refractivity contribution in [2.24, 2.45) is 0 Å². The van der Waals surface area contributed by atoms with Crippen LogP contribution in [0.4, 0.5) is 0 Å². The first kappa shape index (κ1) is 24.6. The van der Waals surface area contributed by atoms with E-state index in [0.29, 0.717) is 24.5 Å². The summed E-state index contributed by atoms with van der Waals surface area (Å²) in [6.45, 7) is 4.25. The number of hydrogen-bond acceptors (Lipinski definition) is 6. The SMILES string of the molecule is CCOC(=O)C(=O)/C=C(\O)c1cc(CC)c(OCc2ccccc2)cc1OCc1ccccc1. The van der Waals surface area contributed by atoms with Crippen LogP contribution in [0.3, 0.4) is 0 Å². The summed E-state index contributed by atoms with van der Waals surface area (Å²) in [5.41, 5.74) is 3.06. The number of benzene rings is 3. The van der Waals surface area contributed by atoms with Crippen molar-refractivity contribution in [3.05, 3.63) is 101 Å². The zero-order valence-corrected chi connectivity index (χ0v) is 19.3. The lowest BCUT2D eigenvalue weighted by atomic mass is 10.0. The second-order valence-electron chi connectivity index (χ2n) is 7.47. The molecule has 0 saturated heterocycles. The van der Waals surface area contributed by atoms with Gasteiger partial charge in [-0.15, -0.1) is 0 Å². The molecule has 0 aromatic heterocycles. The van der Waals surface area contributed by atoms with Gasteiger partial charge in [0.2, 0.25) is 0 Å². The van der Waals surface area contributed by atoms with Crippen LogP contribution in [0.1, 0.15) is 36.1 Å². The summed E-state index contributed by atoms with van der Waals surface area (Å²) in [6, 6.07) is 22.8. The molecule has 0 aliphatic rings. The van der Waals surface area contributed by atoms with Crippen molar-refractivity contribution in [2.45, 2.75) is 33.5 Å². The molecule has 0 saturated carbocycles. The lowest BCUT2D eigenvalue weighted by Crippen LogP contribution is -2.15. The number of ketones is 1. The first-order chi connectivity index (χ1) is 16.5. The maximum Gasteiger partial charge on any atom is 0.379 e. The van der Waals surface area contributed by atoms with E-state index in [4.69, 9.17) is 14.2 Å². The van der Waals surface area contributed by atoms with Gasteiger partial charge in [-0.2, -0.15) is 0 Å². The Morgan fingerprint density at radius 1 is 0.824 bits per heavy atom. The molecular weight excluding hydrogens is 432 g/mol. The number of carbonyl (C=O) groups is 2. The van der Waals surface area contributed by atoms with Crippen molar-refractivity contribution in [3.63, 3.8) is 0 Å². The first-order valence-corrected chi connectivity index (χ1v) is 11.1. The standard InChI is InChI=1S/C28H28O6/c1-3-22-15-23(24(29)16-25(30)28(31)32-4-2)27(34-19-21-13-9-6-10-14-21)17-26(22)33-18-20-11-7-5-8-12-20/h5-17,29H,3-4,18-19H2,1-2H3/b24-16-. The highest BCUT2D eigenvalue weighted by molar-refractivity contribution is 6.39. The van der Waals surface area contributed by atoms with Crippen LogP contribution < -0.4 is 9.47 Å². The molecule has 34 heavy (non-hydrogen) atoms. The molecule has 0 bridgehead atoms. The molecule has 6 heteroatoms. The van der Waals surface area contributed by atoms with Crippen LogP contribution in [0, 0.1) is 0 Å². The second kappa shape index (κ2) is 12.3. The molecule has 3 rings (SSSR count). The lowest BCUT2D eigenvalue weighted by molar-refractivity contribution is -0.151. The second-order valence-corrected chi connectivity index (χ2v) is 7.47. The van der Waals surface area contributed by atoms with Crippen molar-refractivity contribution < 1.29 is 28.9 Å². The Morgan fingerprint density at radius 3 is 1.91 bits per heavy atom. The van der Waals surface area contributed by atoms with Gasteiger partial charge in [0.1, 0.15) is 30.5 Å². The Labute approximate surface area is 199 Å². The maximum absolute atomic E-state index is 12.1. The molecule has 176 valence electrons. The van der Waals surface area contributed by atoms with Gasteiger partial charge in [-0.25, -0.2) is 4.79 Å². The van der Waals surface area contributed by atoms with Gasteiger partial charge < -0.3 is 19.3 Å². The number of aliphatic hydroxyl groups excluding tert-OH is 1. The molecule has 0 aliphatic heterocycles. The van der Waals surface area contributed by atoms with E-state index in [2.05, 4.69) is 0 Å². The Bertz CT molecular complexity index is 1140. The number of ether oxygens (including phenoxy) is 3. The molecule has 0 spiro atoms. The smallest absolute Gasteiger partial charge is 0.379 e. The van der Waals surface area contributed by atoms with E-state index in [1.54, 1.807) is 19.1 Å². The molecule has 1 N–H and O–H groups in total. The van der Waals surface area contributed by atoms with Crippen molar-refractivity contribution in [3.8, 4) is 11.5 Å². The highest BCUT2D eigenvalue weighted by Gasteiger charge is 2.19. The Hall–Kier alpha value is -4.06. The quantitative estimate of drug-likeness (QED) is 0.178. The van der Waals surface area contributed by atoms with E-state index >= 15 is 0 Å². The molecule has 0 heterocycles. The van der Waals surface area contributed by atoms with E-state index < -0.39 is 11.8 Å². The molecule has 3 aromatic rings. The number of aryl methyl sites for hydroxylation is 1. The van der Waals surface area contributed by atoms with Gasteiger partial charge in [0, 0.05) is 12.1 Å². The molecule has 0 amide bonds. The molecule has 0 unspecified atom stereocenters. The summed E-state index contributed by atoms with van der Waals surface area (Å²) >= 11 is 0. The monoisotopic (exact) mass is 460 g/mol. The van der Waals surface area contributed by atoms with Crippen LogP contribution in [-0.4, -0.2) is 23.5 Å². The third kappa shape index (κ3) is 6.72. The number of hydrogen-bond donors (Lipinski definition) is 1. The van der Waals surface area contributed by atoms with E-state index in [9.17, 15) is 14.7 Å². The van der Waals surface area contributed by atoms with Crippen molar-refractivity contribution in [1.29, 1.82) is 0 Å². The molecule has 3 aromatic carbocycles. The molecule has 0 fully saturated rings. The first-order valence-electron chi connectivity index (χ1n) is 11.1. The summed E-state index contributed by atoms with van der Waals surface area (Å²) in [4.78, 5) is 23.8. The minimum Gasteiger partial charge on any atom is -0.507 e. The molecular formula is C28H28O6. The summed E-state index contributed by atoms with van der Waals surface area (Å²) in [5, 5.41) is 10.7. The van der Waals surface area contributed by atoms with Gasteiger partial charge in [-0.05, 0) is 36.1 Å². The van der Waals surface area contributed by atoms with Gasteiger partial charge in [0.25, 0.3) is 5.78 Å². The Balaban J connectivity index is 1.94. The van der Waals surface area contributed by atoms with Crippen molar-refractivity contribution in [2.75, 3.05) is 6.61 Å². The zero-order valence-electron chi connectivity index (χ0n) is 19.3. The van der Waals surface area contributed by atoms with E-state index in [1.165, 1.54) is 0 Å². The van der Waals surface area contributed by atoms with Crippen molar-refractivity contribution in [1.82, 2.24) is 0 Å². The lowest BCUT2D eigenvalue weighted by Gasteiger charge is -2.17. The van der Waals surface area contributed by atoms with Gasteiger partial charge in [-0.1, -0.05) is 67.6 Å². The minimum atomic E-state index is -1.03. The van der Waals surface area contributed by atoms with Crippen LogP contribution in [-0.2, 0) is 34.0 Å². The minimum absolute atomic E-state index is 0.0675. The Kier molecular flexibility index (Phi) is 8.86. The highest BCUT2D eigenvalue weighted by Crippen LogP contribution is 2.34. The molecule has 0 aliphatic carbocycles. The molecule has 6 nitrogen and oxygen atoms in total. The number of rotatable bonds is 11. The normalized spacial score (nSPS) is 11.1. The average Bonchev–Trinajstić information content (AvgIpc) is 2.87. The zero-order chi connectivity index (χ0) is 24.3. The van der Waals surface area contributed by atoms with Crippen LogP contribution in [0.2, 0.25) is 0 Å². The summed E-state index contributed by atoms with van der Waals surface area (Å²) < 4.78 is 16.8. The van der Waals surface area contributed by atoms with Crippen molar-refractivity contribution >= 4 is 17.5 Å². The number of aliphatic hydroxyl groups is 1. The third-order valence-electron chi connectivity index (χ3n) is 5.04. The van der Waals surface area contributed by atoms with Crippen LogP contribution >= 0.6 is 0 Å². The van der Waals surface area contributed by atoms with E-state index in [-0.39, 0.29) is 24.5 Å². The summed E-state index contributed by atoms with van der Waals surface area (Å²) in [7, 11) is 0. The van der Waals surface area contributed by atoms with Gasteiger partial charge in [-0.3, -0.25) is 4.79 Å². The molecule has 0 radical (unpaired) electrons. The van der Waals surface area contributed by atoms with E-state index in [1.807, 2.05) is 67.6 Å². The van der Waals surface area contributed by atoms with Gasteiger partial charge in [0.15, 0.2) is 0 Å². The van der Waals surface area contributed by atoms with Crippen LogP contribution in [0.25, 0.3) is 5.76 Å². The van der Waals surface area contributed by atoms with Gasteiger partial charge >= 0.3 is 5.97 Å². The average molecular weight is 461 g/mol. The van der Waals surface area contributed by atoms with E-state index in [0.717, 1.165) is 22.8 Å². The summed E-state index contributed by atoms with van der Waals surface area (Å²) in [5.74, 6) is -1.42. The fourth-order valence-corrected chi connectivity index (χ4v) is 3.27. The predicted molar refractivity (Wildman–Crippen MR) is 130 cm³/mol. The van der Waals surface area contributed by atoms with Gasteiger partial charge in [0.05, 0.1) is 12.2 Å². The highest BCUT2D eigenvalue weighted by atomic mass is 16.5. The topological polar surface area (TPSA) is 82.1 Å². The number of esters is 1. The maximum atomic E-state index is 12.1. The number of carbonyl (C=O) groups excluding carboxylic acids is 2. The summed E-state index contributed by atoms with van der Waals surface area (Å²) in [6.07, 6.45) is 1.47. The fourth-order valence-electron chi connectivity index (χ4n) is 3.27. The Morgan fingerprint density at radius 2 is 1.38 bits per heavy atom. The van der Waals surface area contributed by atoms with Crippen LogP contribution in [0.15, 0.2) is 78.9 Å². The predicted octanol–water partition coefficient (Wildman–Crippen LogP) is 5.44. The largest absolute Gasteiger partial charge is 0.507 e. The third-order valence-corrected chi connectivity index (χ3v) is 5.04. The molecule has 0 atom stereocenters.